The van der Waals surface area contributed by atoms with Gasteiger partial charge in [0.1, 0.15) is 16.9 Å². The fraction of sp³-hybridized carbons (Fsp3) is 0.629. The van der Waals surface area contributed by atoms with Gasteiger partial charge in [0.25, 0.3) is 6.43 Å². The average molecular weight is 623 g/mol. The zero-order valence-corrected chi connectivity index (χ0v) is 27.7. The van der Waals surface area contributed by atoms with Gasteiger partial charge in [-0.2, -0.15) is 0 Å². The number of rotatable bonds is 13. The summed E-state index contributed by atoms with van der Waals surface area (Å²) in [5.41, 5.74) is 10.2. The van der Waals surface area contributed by atoms with Crippen LogP contribution in [-0.4, -0.2) is 83.2 Å². The molecule has 0 aliphatic carbocycles. The van der Waals surface area contributed by atoms with E-state index in [0.29, 0.717) is 52.2 Å². The maximum absolute atomic E-state index is 14.7. The van der Waals surface area contributed by atoms with Crippen molar-refractivity contribution in [1.82, 2.24) is 24.8 Å². The molecule has 8 nitrogen and oxygen atoms in total. The van der Waals surface area contributed by atoms with Crippen LogP contribution in [0, 0.1) is 0 Å². The molecule has 2 aliphatic rings. The van der Waals surface area contributed by atoms with Gasteiger partial charge in [-0.15, -0.1) is 0 Å². The highest BCUT2D eigenvalue weighted by molar-refractivity contribution is 5.97. The molecule has 246 valence electrons. The van der Waals surface area contributed by atoms with Crippen LogP contribution in [-0.2, 0) is 6.42 Å². The smallest absolute Gasteiger partial charge is 0.265 e. The molecule has 0 saturated carbocycles. The Labute approximate surface area is 267 Å². The van der Waals surface area contributed by atoms with E-state index in [0.717, 1.165) is 89.3 Å². The largest absolute Gasteiger partial charge is 0.382 e. The molecule has 2 saturated heterocycles. The average Bonchev–Trinajstić information content (AvgIpc) is 3.05. The van der Waals surface area contributed by atoms with Crippen molar-refractivity contribution >= 4 is 28.4 Å². The second-order valence-electron chi connectivity index (χ2n) is 12.9. The Bertz CT molecular complexity index is 1400. The van der Waals surface area contributed by atoms with Crippen LogP contribution < -0.4 is 16.0 Å². The van der Waals surface area contributed by atoms with Gasteiger partial charge in [-0.3, -0.25) is 4.90 Å². The first-order valence-electron chi connectivity index (χ1n) is 17.1. The molecule has 1 unspecified atom stereocenters. The number of aryl methyl sites for hydroxylation is 1. The molecule has 0 spiro atoms. The number of anilines is 3. The summed E-state index contributed by atoms with van der Waals surface area (Å²) in [6.07, 6.45) is 8.46. The molecule has 3 N–H and O–H groups in total. The molecule has 4 heterocycles. The minimum absolute atomic E-state index is 0.0472. The van der Waals surface area contributed by atoms with Crippen molar-refractivity contribution in [3.8, 4) is 11.1 Å². The van der Waals surface area contributed by atoms with Crippen LogP contribution in [0.3, 0.4) is 0 Å². The van der Waals surface area contributed by atoms with Gasteiger partial charge >= 0.3 is 0 Å². The van der Waals surface area contributed by atoms with Crippen molar-refractivity contribution in [2.45, 2.75) is 97.1 Å². The van der Waals surface area contributed by atoms with E-state index in [9.17, 15) is 8.78 Å². The number of halogens is 2. The van der Waals surface area contributed by atoms with E-state index < -0.39 is 6.43 Å². The van der Waals surface area contributed by atoms with Gasteiger partial charge < -0.3 is 20.9 Å². The quantitative estimate of drug-likeness (QED) is 0.194. The van der Waals surface area contributed by atoms with Gasteiger partial charge in [-0.05, 0) is 56.8 Å². The first kappa shape index (κ1) is 33.3. The molecule has 5 rings (SSSR count). The van der Waals surface area contributed by atoms with Crippen molar-refractivity contribution in [1.29, 1.82) is 0 Å². The maximum atomic E-state index is 14.7. The molecule has 0 bridgehead atoms. The number of hydrogen-bond donors (Lipinski definition) is 2. The van der Waals surface area contributed by atoms with Crippen LogP contribution in [0.2, 0.25) is 0 Å². The van der Waals surface area contributed by atoms with E-state index in [1.807, 2.05) is 12.1 Å². The maximum Gasteiger partial charge on any atom is 0.265 e. The number of benzene rings is 1. The fourth-order valence-electron chi connectivity index (χ4n) is 6.98. The fourth-order valence-corrected chi connectivity index (χ4v) is 6.98. The SMILES string of the molecule is CCCCCC(CCC)Nc1nc2c(-c3ccc(N4CCC(N5CCN(C)CC5)CC4)c(C(F)F)c3)cnc(N)c2nc1CC. The number of nitrogen functional groups attached to an aromatic ring is 1. The highest BCUT2D eigenvalue weighted by atomic mass is 19.3. The zero-order chi connectivity index (χ0) is 31.9. The third-order valence-electron chi connectivity index (χ3n) is 9.70. The lowest BCUT2D eigenvalue weighted by molar-refractivity contribution is 0.0980. The predicted molar refractivity (Wildman–Crippen MR) is 182 cm³/mol. The van der Waals surface area contributed by atoms with Crippen molar-refractivity contribution < 1.29 is 8.78 Å². The molecule has 45 heavy (non-hydrogen) atoms. The summed E-state index contributed by atoms with van der Waals surface area (Å²) in [4.78, 5) is 21.5. The number of hydrogen-bond acceptors (Lipinski definition) is 8. The highest BCUT2D eigenvalue weighted by Gasteiger charge is 2.29. The van der Waals surface area contributed by atoms with Gasteiger partial charge in [0.2, 0.25) is 0 Å². The second-order valence-corrected chi connectivity index (χ2v) is 12.9. The number of nitrogens with two attached hydrogens (primary N) is 1. The molecule has 1 atom stereocenters. The molecule has 2 aliphatic heterocycles. The number of likely N-dealkylation sites (N-methyl/N-ethyl adjacent to an activating group) is 1. The number of nitrogens with zero attached hydrogens (tertiary/aromatic N) is 6. The van der Waals surface area contributed by atoms with Crippen molar-refractivity contribution in [3.63, 3.8) is 0 Å². The lowest BCUT2D eigenvalue weighted by Gasteiger charge is -2.43. The van der Waals surface area contributed by atoms with Crippen LogP contribution in [0.4, 0.5) is 26.1 Å². The van der Waals surface area contributed by atoms with Crippen molar-refractivity contribution in [3.05, 3.63) is 35.7 Å². The Morgan fingerprint density at radius 3 is 2.36 bits per heavy atom. The van der Waals surface area contributed by atoms with E-state index in [1.54, 1.807) is 12.3 Å². The van der Waals surface area contributed by atoms with Crippen LogP contribution in [0.15, 0.2) is 24.4 Å². The van der Waals surface area contributed by atoms with Gasteiger partial charge in [0, 0.05) is 74.4 Å². The van der Waals surface area contributed by atoms with E-state index in [-0.39, 0.29) is 5.56 Å². The first-order chi connectivity index (χ1) is 21.8. The predicted octanol–water partition coefficient (Wildman–Crippen LogP) is 7.15. The third kappa shape index (κ3) is 7.83. The number of piperidine rings is 1. The molecule has 0 amide bonds. The second kappa shape index (κ2) is 15.5. The molecule has 10 heteroatoms. The van der Waals surface area contributed by atoms with E-state index >= 15 is 0 Å². The lowest BCUT2D eigenvalue weighted by atomic mass is 9.98. The number of nitrogens with one attached hydrogen (secondary N) is 1. The molecular weight excluding hydrogens is 570 g/mol. The number of piperazine rings is 1. The minimum atomic E-state index is -2.60. The van der Waals surface area contributed by atoms with Crippen molar-refractivity contribution in [2.24, 2.45) is 0 Å². The summed E-state index contributed by atoms with van der Waals surface area (Å²) >= 11 is 0. The van der Waals surface area contributed by atoms with E-state index in [4.69, 9.17) is 15.7 Å². The summed E-state index contributed by atoms with van der Waals surface area (Å²) in [5.74, 6) is 1.05. The van der Waals surface area contributed by atoms with E-state index in [1.165, 1.54) is 12.8 Å². The molecular formula is C35H52F2N8. The normalized spacial score (nSPS) is 17.8. The Kier molecular flexibility index (Phi) is 11.4. The van der Waals surface area contributed by atoms with Crippen LogP contribution in [0.1, 0.15) is 89.8 Å². The van der Waals surface area contributed by atoms with Crippen LogP contribution in [0.5, 0.6) is 0 Å². The summed E-state index contributed by atoms with van der Waals surface area (Å²) in [6.45, 7) is 12.4. The topological polar surface area (TPSA) is 86.4 Å². The summed E-state index contributed by atoms with van der Waals surface area (Å²) in [5, 5.41) is 3.69. The third-order valence-corrected chi connectivity index (χ3v) is 9.70. The standard InChI is InChI=1S/C35H52F2N8/c1-5-8-9-11-25(10-6-2)40-35-29(7-3)41-32-31(42-35)28(23-39-34(32)38)24-12-13-30(27(22-24)33(36)37)45-16-14-26(15-17-45)44-20-18-43(4)19-21-44/h12-13,22-23,25-26,33H,5-11,14-21H2,1-4H3,(H2,38,39)(H,40,42). The molecule has 2 fully saturated rings. The number of aromatic nitrogens is 3. The van der Waals surface area contributed by atoms with Crippen molar-refractivity contribution in [2.75, 3.05) is 62.3 Å². The monoisotopic (exact) mass is 622 g/mol. The number of alkyl halides is 2. The number of unbranched alkanes of at least 4 members (excludes halogenated alkanes) is 2. The van der Waals surface area contributed by atoms with Gasteiger partial charge in [-0.1, -0.05) is 52.5 Å². The Balaban J connectivity index is 1.43. The number of fused-ring (bicyclic) bond motifs is 1. The lowest BCUT2D eigenvalue weighted by Crippen LogP contribution is -2.52. The molecule has 3 aromatic rings. The summed E-state index contributed by atoms with van der Waals surface area (Å²) in [7, 11) is 2.17. The van der Waals surface area contributed by atoms with Crippen LogP contribution >= 0.6 is 0 Å². The van der Waals surface area contributed by atoms with Gasteiger partial charge in [0.05, 0.1) is 5.69 Å². The zero-order valence-electron chi connectivity index (χ0n) is 27.7. The van der Waals surface area contributed by atoms with Gasteiger partial charge in [-0.25, -0.2) is 23.7 Å². The summed E-state index contributed by atoms with van der Waals surface area (Å²) < 4.78 is 29.3. The molecule has 0 radical (unpaired) electrons. The highest BCUT2D eigenvalue weighted by Crippen LogP contribution is 2.38. The molecule has 1 aromatic carbocycles. The minimum Gasteiger partial charge on any atom is -0.382 e. The van der Waals surface area contributed by atoms with Crippen LogP contribution in [0.25, 0.3) is 22.2 Å². The Morgan fingerprint density at radius 2 is 1.69 bits per heavy atom. The summed E-state index contributed by atoms with van der Waals surface area (Å²) in [6, 6.07) is 6.22. The first-order valence-corrected chi connectivity index (χ1v) is 17.1. The van der Waals surface area contributed by atoms with Gasteiger partial charge in [0.15, 0.2) is 5.82 Å². The Morgan fingerprint density at radius 1 is 0.933 bits per heavy atom. The Hall–Kier alpha value is -3.11. The molecule has 2 aromatic heterocycles. The van der Waals surface area contributed by atoms with E-state index in [2.05, 4.69) is 52.8 Å². The number of pyridine rings is 1.